The summed E-state index contributed by atoms with van der Waals surface area (Å²) in [5, 5.41) is 2.76. The number of rotatable bonds is 11. The summed E-state index contributed by atoms with van der Waals surface area (Å²) in [4.78, 5) is 37.7. The first-order chi connectivity index (χ1) is 16.5. The van der Waals surface area contributed by atoms with Crippen molar-refractivity contribution in [1.29, 1.82) is 0 Å². The molecule has 2 aliphatic rings. The number of amides is 1. The predicted octanol–water partition coefficient (Wildman–Crippen LogP) is 3.11. The van der Waals surface area contributed by atoms with E-state index in [1.165, 1.54) is 14.0 Å². The van der Waals surface area contributed by atoms with Crippen LogP contribution in [0.3, 0.4) is 0 Å². The largest absolute Gasteiger partial charge is 0.469 e. The van der Waals surface area contributed by atoms with E-state index >= 15 is 0 Å². The van der Waals surface area contributed by atoms with E-state index in [0.717, 1.165) is 43.6 Å². The Balaban J connectivity index is 1.60. The molecule has 0 aromatic heterocycles. The number of anilines is 1. The molecule has 1 aromatic rings. The Morgan fingerprint density at radius 3 is 2.59 bits per heavy atom. The molecule has 0 unspecified atom stereocenters. The smallest absolute Gasteiger partial charge is 0.305 e. The highest BCUT2D eigenvalue weighted by molar-refractivity contribution is 5.88. The molecular formula is C26H36N2O6. The zero-order valence-electron chi connectivity index (χ0n) is 20.2. The van der Waals surface area contributed by atoms with Gasteiger partial charge in [0.15, 0.2) is 5.78 Å². The van der Waals surface area contributed by atoms with Crippen molar-refractivity contribution in [3.05, 3.63) is 42.0 Å². The fourth-order valence-corrected chi connectivity index (χ4v) is 4.63. The molecule has 2 fully saturated rings. The molecule has 34 heavy (non-hydrogen) atoms. The Labute approximate surface area is 201 Å². The molecule has 0 radical (unpaired) electrons. The van der Waals surface area contributed by atoms with Crippen molar-refractivity contribution >= 4 is 23.3 Å². The molecule has 0 bridgehead atoms. The number of allylic oxidation sites excluding steroid dienone is 2. The maximum Gasteiger partial charge on any atom is 0.305 e. The number of carbonyl (C=O) groups excluding carboxylic acids is 3. The SMILES string of the molecule is COC(=O)CCCC=CC[C@H]1[C@@H](OCc2ccc(NC(C)=O)cc2)CC(=O)[C@@H]1N1CCOCC1. The summed E-state index contributed by atoms with van der Waals surface area (Å²) < 4.78 is 16.4. The summed E-state index contributed by atoms with van der Waals surface area (Å²) in [5.74, 6) is 0.00247. The van der Waals surface area contributed by atoms with Gasteiger partial charge in [-0.2, -0.15) is 0 Å². The van der Waals surface area contributed by atoms with Crippen LogP contribution in [0.25, 0.3) is 0 Å². The van der Waals surface area contributed by atoms with E-state index in [9.17, 15) is 14.4 Å². The average Bonchev–Trinajstić information content (AvgIpc) is 3.15. The molecule has 1 heterocycles. The van der Waals surface area contributed by atoms with Crippen LogP contribution in [0, 0.1) is 5.92 Å². The first-order valence-electron chi connectivity index (χ1n) is 12.0. The maximum absolute atomic E-state index is 13.0. The van der Waals surface area contributed by atoms with Gasteiger partial charge in [-0.3, -0.25) is 19.3 Å². The standard InChI is InChI=1S/C26H36N2O6/c1-19(29)27-21-11-9-20(10-12-21)18-34-24-17-23(30)26(28-13-15-33-16-14-28)22(24)7-5-3-4-6-8-25(31)32-2/h3,5,9-12,22,24,26H,4,6-8,13-18H2,1-2H3,(H,27,29)/t22-,24-,26+/m0/s1. The molecule has 1 N–H and O–H groups in total. The van der Waals surface area contributed by atoms with Crippen molar-refractivity contribution in [2.45, 2.75) is 57.8 Å². The van der Waals surface area contributed by atoms with Crippen molar-refractivity contribution in [3.8, 4) is 0 Å². The molecular weight excluding hydrogens is 436 g/mol. The predicted molar refractivity (Wildman–Crippen MR) is 128 cm³/mol. The van der Waals surface area contributed by atoms with Crippen molar-refractivity contribution in [2.24, 2.45) is 5.92 Å². The van der Waals surface area contributed by atoms with Crippen LogP contribution >= 0.6 is 0 Å². The zero-order chi connectivity index (χ0) is 24.3. The van der Waals surface area contributed by atoms with E-state index in [0.29, 0.717) is 32.7 Å². The minimum absolute atomic E-state index is 0.0705. The molecule has 8 nitrogen and oxygen atoms in total. The van der Waals surface area contributed by atoms with Gasteiger partial charge in [-0.05, 0) is 37.0 Å². The topological polar surface area (TPSA) is 94.2 Å². The quantitative estimate of drug-likeness (QED) is 0.300. The van der Waals surface area contributed by atoms with E-state index in [2.05, 4.69) is 27.1 Å². The lowest BCUT2D eigenvalue weighted by Crippen LogP contribution is -2.49. The van der Waals surface area contributed by atoms with E-state index < -0.39 is 0 Å². The second kappa shape index (κ2) is 13.4. The number of methoxy groups -OCH3 is 1. The molecule has 1 saturated carbocycles. The lowest BCUT2D eigenvalue weighted by molar-refractivity contribution is -0.140. The molecule has 1 saturated heterocycles. The van der Waals surface area contributed by atoms with Gasteiger partial charge in [-0.25, -0.2) is 0 Å². The number of Topliss-reactive ketones (excluding diaryl/α,β-unsaturated/α-hetero) is 1. The van der Waals surface area contributed by atoms with Crippen molar-refractivity contribution in [2.75, 3.05) is 38.7 Å². The number of carbonyl (C=O) groups is 3. The number of nitrogens with zero attached hydrogens (tertiary/aromatic N) is 1. The van der Waals surface area contributed by atoms with Crippen LogP contribution in [0.5, 0.6) is 0 Å². The van der Waals surface area contributed by atoms with Crippen LogP contribution in [0.4, 0.5) is 5.69 Å². The lowest BCUT2D eigenvalue weighted by atomic mass is 9.95. The minimum Gasteiger partial charge on any atom is -0.469 e. The Kier molecular flexibility index (Phi) is 10.2. The summed E-state index contributed by atoms with van der Waals surface area (Å²) in [6, 6.07) is 7.40. The third kappa shape index (κ3) is 7.75. The van der Waals surface area contributed by atoms with Gasteiger partial charge in [0.1, 0.15) is 0 Å². The van der Waals surface area contributed by atoms with Crippen molar-refractivity contribution < 1.29 is 28.6 Å². The van der Waals surface area contributed by atoms with Gasteiger partial charge in [-0.1, -0.05) is 24.3 Å². The molecule has 3 atom stereocenters. The first-order valence-corrected chi connectivity index (χ1v) is 12.0. The van der Waals surface area contributed by atoms with Gasteiger partial charge in [0.2, 0.25) is 5.91 Å². The molecule has 0 spiro atoms. The zero-order valence-corrected chi connectivity index (χ0v) is 20.2. The number of hydrogen-bond acceptors (Lipinski definition) is 7. The van der Waals surface area contributed by atoms with Crippen LogP contribution in [0.15, 0.2) is 36.4 Å². The Morgan fingerprint density at radius 2 is 1.91 bits per heavy atom. The highest BCUT2D eigenvalue weighted by Gasteiger charge is 2.45. The molecule has 1 aliphatic carbocycles. The number of benzene rings is 1. The normalized spacial score (nSPS) is 23.4. The van der Waals surface area contributed by atoms with Crippen LogP contribution in [0.1, 0.15) is 44.6 Å². The average molecular weight is 473 g/mol. The van der Waals surface area contributed by atoms with Crippen LogP contribution in [-0.4, -0.2) is 68.1 Å². The van der Waals surface area contributed by atoms with E-state index in [4.69, 9.17) is 9.47 Å². The van der Waals surface area contributed by atoms with E-state index in [-0.39, 0.29) is 35.7 Å². The molecule has 186 valence electrons. The summed E-state index contributed by atoms with van der Waals surface area (Å²) >= 11 is 0. The fourth-order valence-electron chi connectivity index (χ4n) is 4.63. The number of esters is 1. The molecule has 1 aliphatic heterocycles. The van der Waals surface area contributed by atoms with Crippen LogP contribution < -0.4 is 5.32 Å². The Morgan fingerprint density at radius 1 is 1.18 bits per heavy atom. The Bertz CT molecular complexity index is 847. The van der Waals surface area contributed by atoms with Gasteiger partial charge in [-0.15, -0.1) is 0 Å². The van der Waals surface area contributed by atoms with E-state index in [1.54, 1.807) is 0 Å². The van der Waals surface area contributed by atoms with E-state index in [1.807, 2.05) is 24.3 Å². The van der Waals surface area contributed by atoms with Gasteiger partial charge in [0.05, 0.1) is 39.1 Å². The van der Waals surface area contributed by atoms with Gasteiger partial charge < -0.3 is 19.5 Å². The number of morpholine rings is 1. The van der Waals surface area contributed by atoms with Gasteiger partial charge >= 0.3 is 5.97 Å². The molecule has 8 heteroatoms. The minimum atomic E-state index is -0.194. The lowest BCUT2D eigenvalue weighted by Gasteiger charge is -2.35. The van der Waals surface area contributed by atoms with Gasteiger partial charge in [0, 0.05) is 44.5 Å². The fraction of sp³-hybridized carbons (Fsp3) is 0.577. The number of unbranched alkanes of at least 4 members (excludes halogenated alkanes) is 1. The summed E-state index contributed by atoms with van der Waals surface area (Å²) in [6.45, 7) is 4.69. The van der Waals surface area contributed by atoms with Crippen LogP contribution in [0.2, 0.25) is 0 Å². The third-order valence-electron chi connectivity index (χ3n) is 6.35. The maximum atomic E-state index is 13.0. The highest BCUT2D eigenvalue weighted by Crippen LogP contribution is 2.34. The van der Waals surface area contributed by atoms with Crippen LogP contribution in [-0.2, 0) is 35.2 Å². The first kappa shape index (κ1) is 26.1. The number of ether oxygens (including phenoxy) is 3. The summed E-state index contributed by atoms with van der Waals surface area (Å²) in [6.07, 6.45) is 7.15. The van der Waals surface area contributed by atoms with Gasteiger partial charge in [0.25, 0.3) is 0 Å². The monoisotopic (exact) mass is 472 g/mol. The molecule has 3 rings (SSSR count). The number of ketones is 1. The summed E-state index contributed by atoms with van der Waals surface area (Å²) in [5.41, 5.74) is 1.74. The highest BCUT2D eigenvalue weighted by atomic mass is 16.5. The number of nitrogens with one attached hydrogen (secondary N) is 1. The summed E-state index contributed by atoms with van der Waals surface area (Å²) in [7, 11) is 1.40. The van der Waals surface area contributed by atoms with Crippen molar-refractivity contribution in [1.82, 2.24) is 4.90 Å². The second-order valence-corrected chi connectivity index (χ2v) is 8.83. The number of hydrogen-bond donors (Lipinski definition) is 1. The Hall–Kier alpha value is -2.55. The third-order valence-corrected chi connectivity index (χ3v) is 6.35. The van der Waals surface area contributed by atoms with Crippen molar-refractivity contribution in [3.63, 3.8) is 0 Å². The second-order valence-electron chi connectivity index (χ2n) is 8.83. The molecule has 1 aromatic carbocycles. The molecule has 1 amide bonds.